The topological polar surface area (TPSA) is 29.0 Å². The number of hydrogen-bond acceptors (Lipinski definition) is 3. The molecule has 0 N–H and O–H groups in total. The normalized spacial score (nSPS) is 10.6. The van der Waals surface area contributed by atoms with Crippen LogP contribution in [0.2, 0.25) is 0 Å². The van der Waals surface area contributed by atoms with E-state index in [-0.39, 0.29) is 5.82 Å². The molecule has 1 heterocycles. The van der Waals surface area contributed by atoms with Gasteiger partial charge in [0.05, 0.1) is 0 Å². The fourth-order valence-electron chi connectivity index (χ4n) is 2.02. The Hall–Kier alpha value is -1.49. The highest BCUT2D eigenvalue weighted by Crippen LogP contribution is 2.25. The second-order valence-corrected chi connectivity index (χ2v) is 5.25. The molecule has 106 valence electrons. The molecule has 0 saturated carbocycles. The van der Waals surface area contributed by atoms with Gasteiger partial charge in [-0.05, 0) is 53.5 Å². The van der Waals surface area contributed by atoms with E-state index in [4.69, 9.17) is 0 Å². The number of benzene rings is 1. The lowest BCUT2D eigenvalue weighted by Gasteiger charge is -2.22. The quantitative estimate of drug-likeness (QED) is 0.752. The lowest BCUT2D eigenvalue weighted by molar-refractivity contribution is 0.627. The van der Waals surface area contributed by atoms with Crippen molar-refractivity contribution in [3.63, 3.8) is 0 Å². The zero-order valence-electron chi connectivity index (χ0n) is 11.6. The third kappa shape index (κ3) is 3.54. The summed E-state index contributed by atoms with van der Waals surface area (Å²) in [5.41, 5.74) is 0.918. The first-order valence-corrected chi connectivity index (χ1v) is 7.50. The summed E-state index contributed by atoms with van der Waals surface area (Å²) in [6.45, 7) is 4.89. The molecule has 0 amide bonds. The Kier molecular flexibility index (Phi) is 5.06. The first-order chi connectivity index (χ1) is 9.63. The molecule has 0 saturated heterocycles. The van der Waals surface area contributed by atoms with Gasteiger partial charge < -0.3 is 4.90 Å². The molecule has 0 aliphatic rings. The Labute approximate surface area is 127 Å². The van der Waals surface area contributed by atoms with E-state index in [0.717, 1.165) is 41.3 Å². The summed E-state index contributed by atoms with van der Waals surface area (Å²) in [5, 5.41) is 0. The molecule has 0 unspecified atom stereocenters. The first-order valence-electron chi connectivity index (χ1n) is 6.70. The Balaban J connectivity index is 2.38. The van der Waals surface area contributed by atoms with Crippen molar-refractivity contribution in [2.75, 3.05) is 11.4 Å². The predicted molar refractivity (Wildman–Crippen MR) is 82.8 cm³/mol. The molecule has 3 nitrogen and oxygen atoms in total. The van der Waals surface area contributed by atoms with Crippen LogP contribution < -0.4 is 4.90 Å². The SMILES string of the molecule is CCCc1nc(Br)cc(N(CC)c2ccc(F)cc2)n1. The van der Waals surface area contributed by atoms with Gasteiger partial charge in [0.1, 0.15) is 22.1 Å². The predicted octanol–water partition coefficient (Wildman–Crippen LogP) is 4.49. The Morgan fingerprint density at radius 1 is 1.15 bits per heavy atom. The van der Waals surface area contributed by atoms with Crippen LogP contribution in [-0.2, 0) is 6.42 Å². The number of hydrogen-bond donors (Lipinski definition) is 0. The van der Waals surface area contributed by atoms with E-state index in [0.29, 0.717) is 0 Å². The summed E-state index contributed by atoms with van der Waals surface area (Å²) in [6, 6.07) is 8.32. The summed E-state index contributed by atoms with van der Waals surface area (Å²) < 4.78 is 13.8. The molecule has 0 radical (unpaired) electrons. The molecule has 0 bridgehead atoms. The van der Waals surface area contributed by atoms with E-state index in [1.54, 1.807) is 12.1 Å². The van der Waals surface area contributed by atoms with Crippen molar-refractivity contribution in [3.8, 4) is 0 Å². The molecule has 0 aliphatic carbocycles. The fraction of sp³-hybridized carbons (Fsp3) is 0.333. The van der Waals surface area contributed by atoms with Crippen LogP contribution in [0.1, 0.15) is 26.1 Å². The number of aromatic nitrogens is 2. The number of rotatable bonds is 5. The van der Waals surface area contributed by atoms with Crippen LogP contribution in [-0.4, -0.2) is 16.5 Å². The first kappa shape index (κ1) is 14.9. The molecular weight excluding hydrogens is 321 g/mol. The van der Waals surface area contributed by atoms with Gasteiger partial charge in [0.15, 0.2) is 0 Å². The van der Waals surface area contributed by atoms with E-state index in [2.05, 4.69) is 32.8 Å². The van der Waals surface area contributed by atoms with Gasteiger partial charge in [-0.2, -0.15) is 0 Å². The third-order valence-electron chi connectivity index (χ3n) is 2.93. The maximum atomic E-state index is 13.0. The molecule has 1 aromatic carbocycles. The summed E-state index contributed by atoms with van der Waals surface area (Å²) in [7, 11) is 0. The van der Waals surface area contributed by atoms with E-state index < -0.39 is 0 Å². The number of halogens is 2. The monoisotopic (exact) mass is 337 g/mol. The van der Waals surface area contributed by atoms with E-state index in [1.807, 2.05) is 17.9 Å². The Morgan fingerprint density at radius 2 is 1.85 bits per heavy atom. The minimum absolute atomic E-state index is 0.236. The lowest BCUT2D eigenvalue weighted by Crippen LogP contribution is -2.18. The Bertz CT molecular complexity index is 572. The van der Waals surface area contributed by atoms with Gasteiger partial charge in [-0.25, -0.2) is 14.4 Å². The molecule has 0 aliphatic heterocycles. The van der Waals surface area contributed by atoms with E-state index in [1.165, 1.54) is 12.1 Å². The molecule has 20 heavy (non-hydrogen) atoms. The summed E-state index contributed by atoms with van der Waals surface area (Å²) in [6.07, 6.45) is 1.84. The van der Waals surface area contributed by atoms with Crippen molar-refractivity contribution in [3.05, 3.63) is 46.6 Å². The average Bonchev–Trinajstić information content (AvgIpc) is 2.41. The van der Waals surface area contributed by atoms with Crippen LogP contribution in [0.5, 0.6) is 0 Å². The molecule has 0 atom stereocenters. The van der Waals surface area contributed by atoms with Gasteiger partial charge in [-0.1, -0.05) is 6.92 Å². The van der Waals surface area contributed by atoms with Crippen molar-refractivity contribution in [2.45, 2.75) is 26.7 Å². The van der Waals surface area contributed by atoms with Crippen molar-refractivity contribution >= 4 is 27.4 Å². The van der Waals surface area contributed by atoms with Crippen molar-refractivity contribution in [1.82, 2.24) is 9.97 Å². The molecule has 0 spiro atoms. The average molecular weight is 338 g/mol. The van der Waals surface area contributed by atoms with Crippen LogP contribution in [0, 0.1) is 5.82 Å². The smallest absolute Gasteiger partial charge is 0.137 e. The zero-order chi connectivity index (χ0) is 14.5. The Morgan fingerprint density at radius 3 is 2.45 bits per heavy atom. The van der Waals surface area contributed by atoms with Crippen molar-refractivity contribution < 1.29 is 4.39 Å². The highest BCUT2D eigenvalue weighted by molar-refractivity contribution is 9.10. The summed E-state index contributed by atoms with van der Waals surface area (Å²) in [5.74, 6) is 1.40. The fourth-order valence-corrected chi connectivity index (χ4v) is 2.43. The van der Waals surface area contributed by atoms with Gasteiger partial charge in [0.2, 0.25) is 0 Å². The molecule has 1 aromatic heterocycles. The zero-order valence-corrected chi connectivity index (χ0v) is 13.2. The maximum Gasteiger partial charge on any atom is 0.137 e. The largest absolute Gasteiger partial charge is 0.327 e. The van der Waals surface area contributed by atoms with Crippen LogP contribution in [0.3, 0.4) is 0 Å². The van der Waals surface area contributed by atoms with Gasteiger partial charge in [-0.3, -0.25) is 0 Å². The van der Waals surface area contributed by atoms with Crippen LogP contribution >= 0.6 is 15.9 Å². The summed E-state index contributed by atoms with van der Waals surface area (Å²) in [4.78, 5) is 11.0. The second kappa shape index (κ2) is 6.79. The van der Waals surface area contributed by atoms with Gasteiger partial charge >= 0.3 is 0 Å². The highest BCUT2D eigenvalue weighted by atomic mass is 79.9. The highest BCUT2D eigenvalue weighted by Gasteiger charge is 2.11. The van der Waals surface area contributed by atoms with Gasteiger partial charge in [-0.15, -0.1) is 0 Å². The number of aryl methyl sites for hydroxylation is 1. The molecule has 0 fully saturated rings. The van der Waals surface area contributed by atoms with Gasteiger partial charge in [0, 0.05) is 24.7 Å². The second-order valence-electron chi connectivity index (χ2n) is 4.44. The standard InChI is InChI=1S/C15H17BrFN3/c1-3-5-14-18-13(16)10-15(19-14)20(4-2)12-8-6-11(17)7-9-12/h6-10H,3-5H2,1-2H3. The molecule has 2 rings (SSSR count). The molecule has 5 heteroatoms. The van der Waals surface area contributed by atoms with E-state index in [9.17, 15) is 4.39 Å². The number of nitrogens with zero attached hydrogens (tertiary/aromatic N) is 3. The maximum absolute atomic E-state index is 13.0. The van der Waals surface area contributed by atoms with Crippen LogP contribution in [0.25, 0.3) is 0 Å². The lowest BCUT2D eigenvalue weighted by atomic mass is 10.2. The third-order valence-corrected chi connectivity index (χ3v) is 3.34. The van der Waals surface area contributed by atoms with Crippen LogP contribution in [0.15, 0.2) is 34.9 Å². The van der Waals surface area contributed by atoms with Crippen molar-refractivity contribution in [2.24, 2.45) is 0 Å². The van der Waals surface area contributed by atoms with Gasteiger partial charge in [0.25, 0.3) is 0 Å². The minimum atomic E-state index is -0.236. The molecule has 2 aromatic rings. The number of anilines is 2. The molecular formula is C15H17BrFN3. The summed E-state index contributed by atoms with van der Waals surface area (Å²) >= 11 is 3.43. The van der Waals surface area contributed by atoms with Crippen molar-refractivity contribution in [1.29, 1.82) is 0 Å². The van der Waals surface area contributed by atoms with E-state index >= 15 is 0 Å². The minimum Gasteiger partial charge on any atom is -0.327 e. The van der Waals surface area contributed by atoms with Crippen LogP contribution in [0.4, 0.5) is 15.9 Å².